The smallest absolute Gasteiger partial charge is 0.251 e. The van der Waals surface area contributed by atoms with Crippen LogP contribution in [0.15, 0.2) is 72.8 Å². The van der Waals surface area contributed by atoms with Crippen LogP contribution >= 0.6 is 22.6 Å². The van der Waals surface area contributed by atoms with E-state index >= 15 is 0 Å². The number of rotatable bonds is 7. The van der Waals surface area contributed by atoms with E-state index in [9.17, 15) is 4.79 Å². The van der Waals surface area contributed by atoms with Crippen molar-refractivity contribution in [2.24, 2.45) is 0 Å². The minimum absolute atomic E-state index is 0.103. The summed E-state index contributed by atoms with van der Waals surface area (Å²) in [5.74, 6) is 1.20. The topological polar surface area (TPSA) is 47.6 Å². The molecule has 0 fully saturated rings. The highest BCUT2D eigenvalue weighted by atomic mass is 127. The minimum atomic E-state index is -0.201. The fraction of sp³-hybridized carbons (Fsp3) is 0.174. The Morgan fingerprint density at radius 3 is 2.36 bits per heavy atom. The van der Waals surface area contributed by atoms with Gasteiger partial charge in [-0.2, -0.15) is 0 Å². The maximum Gasteiger partial charge on any atom is 0.251 e. The molecular formula is C23H22INO3. The molecule has 0 spiro atoms. The first-order valence-corrected chi connectivity index (χ1v) is 10.0. The molecule has 5 heteroatoms. The molecule has 0 heterocycles. The Bertz CT molecular complexity index is 944. The molecule has 0 aromatic heterocycles. The average molecular weight is 487 g/mol. The first-order valence-electron chi connectivity index (χ1n) is 8.93. The minimum Gasteiger partial charge on any atom is -0.493 e. The van der Waals surface area contributed by atoms with Crippen molar-refractivity contribution in [3.63, 3.8) is 0 Å². The summed E-state index contributed by atoms with van der Waals surface area (Å²) < 4.78 is 11.8. The normalized spacial score (nSPS) is 11.5. The second-order valence-corrected chi connectivity index (χ2v) is 7.59. The lowest BCUT2D eigenvalue weighted by Crippen LogP contribution is -2.30. The number of hydrogen-bond donors (Lipinski definition) is 1. The highest BCUT2D eigenvalue weighted by Crippen LogP contribution is 2.31. The number of nitrogens with one attached hydrogen (secondary N) is 1. The van der Waals surface area contributed by atoms with Crippen molar-refractivity contribution in [3.8, 4) is 11.5 Å². The van der Waals surface area contributed by atoms with Crippen LogP contribution in [0.5, 0.6) is 11.5 Å². The highest BCUT2D eigenvalue weighted by molar-refractivity contribution is 14.1. The van der Waals surface area contributed by atoms with Gasteiger partial charge in [-0.25, -0.2) is 0 Å². The van der Waals surface area contributed by atoms with E-state index in [4.69, 9.17) is 9.47 Å². The largest absolute Gasteiger partial charge is 0.493 e. The first kappa shape index (κ1) is 20.2. The van der Waals surface area contributed by atoms with Gasteiger partial charge in [0.25, 0.3) is 5.91 Å². The molecule has 0 aliphatic heterocycles. The molecule has 0 aliphatic carbocycles. The molecule has 4 nitrogen and oxygen atoms in total. The van der Waals surface area contributed by atoms with Crippen LogP contribution in [0.2, 0.25) is 0 Å². The first-order chi connectivity index (χ1) is 13.6. The molecular weight excluding hydrogens is 465 g/mol. The molecule has 0 aliphatic rings. The average Bonchev–Trinajstić information content (AvgIpc) is 2.73. The van der Waals surface area contributed by atoms with E-state index in [2.05, 4.69) is 40.0 Å². The van der Waals surface area contributed by atoms with E-state index in [-0.39, 0.29) is 11.9 Å². The number of ether oxygens (including phenoxy) is 2. The van der Waals surface area contributed by atoms with Crippen molar-refractivity contribution < 1.29 is 14.3 Å². The van der Waals surface area contributed by atoms with Crippen molar-refractivity contribution >= 4 is 28.5 Å². The molecule has 28 heavy (non-hydrogen) atoms. The number of amides is 1. The summed E-state index contributed by atoms with van der Waals surface area (Å²) in [6.07, 6.45) is 0.673. The van der Waals surface area contributed by atoms with Crippen molar-refractivity contribution in [2.45, 2.75) is 12.5 Å². The standard InChI is InChI=1S/C23H22INO3/c1-27-21-12-11-17(15-22(21)28-2)20(13-16-7-4-3-5-8-16)25-23(26)18-9-6-10-19(24)14-18/h3-12,14-15,20H,13H2,1-2H3,(H,25,26)/t20-/m1/s1. The van der Waals surface area contributed by atoms with Crippen LogP contribution < -0.4 is 14.8 Å². The summed E-state index contributed by atoms with van der Waals surface area (Å²) in [5.41, 5.74) is 2.75. The fourth-order valence-corrected chi connectivity index (χ4v) is 3.59. The third-order valence-electron chi connectivity index (χ3n) is 4.48. The van der Waals surface area contributed by atoms with Crippen molar-refractivity contribution in [1.29, 1.82) is 0 Å². The van der Waals surface area contributed by atoms with Gasteiger partial charge < -0.3 is 14.8 Å². The molecule has 144 valence electrons. The molecule has 3 rings (SSSR count). The van der Waals surface area contributed by atoms with Gasteiger partial charge in [-0.1, -0.05) is 42.5 Å². The maximum atomic E-state index is 12.9. The number of benzene rings is 3. The van der Waals surface area contributed by atoms with E-state index in [0.717, 1.165) is 14.7 Å². The number of carbonyl (C=O) groups excluding carboxylic acids is 1. The van der Waals surface area contributed by atoms with Gasteiger partial charge in [-0.05, 0) is 70.5 Å². The lowest BCUT2D eigenvalue weighted by molar-refractivity contribution is 0.0936. The maximum absolute atomic E-state index is 12.9. The lowest BCUT2D eigenvalue weighted by Gasteiger charge is -2.21. The van der Waals surface area contributed by atoms with Crippen molar-refractivity contribution in [1.82, 2.24) is 5.32 Å². The number of carbonyl (C=O) groups is 1. The molecule has 0 radical (unpaired) electrons. The Labute approximate surface area is 179 Å². The molecule has 1 atom stereocenters. The van der Waals surface area contributed by atoms with E-state index in [0.29, 0.717) is 23.5 Å². The molecule has 3 aromatic carbocycles. The highest BCUT2D eigenvalue weighted by Gasteiger charge is 2.18. The lowest BCUT2D eigenvalue weighted by atomic mass is 9.98. The summed E-state index contributed by atoms with van der Waals surface area (Å²) in [6.45, 7) is 0. The van der Waals surface area contributed by atoms with Crippen LogP contribution in [0.4, 0.5) is 0 Å². The van der Waals surface area contributed by atoms with Crippen LogP contribution in [0.25, 0.3) is 0 Å². The second kappa shape index (κ2) is 9.59. The molecule has 0 saturated heterocycles. The van der Waals surface area contributed by atoms with Gasteiger partial charge in [-0.15, -0.1) is 0 Å². The Balaban J connectivity index is 1.92. The van der Waals surface area contributed by atoms with Crippen LogP contribution in [0, 0.1) is 3.57 Å². The van der Waals surface area contributed by atoms with Gasteiger partial charge in [0.15, 0.2) is 11.5 Å². The van der Waals surface area contributed by atoms with E-state index < -0.39 is 0 Å². The molecule has 0 unspecified atom stereocenters. The van der Waals surface area contributed by atoms with Crippen LogP contribution in [0.3, 0.4) is 0 Å². The van der Waals surface area contributed by atoms with Gasteiger partial charge in [0, 0.05) is 9.13 Å². The fourth-order valence-electron chi connectivity index (χ4n) is 3.04. The van der Waals surface area contributed by atoms with Crippen LogP contribution in [0.1, 0.15) is 27.5 Å². The molecule has 0 bridgehead atoms. The van der Waals surface area contributed by atoms with Crippen molar-refractivity contribution in [2.75, 3.05) is 14.2 Å². The molecule has 1 amide bonds. The van der Waals surface area contributed by atoms with E-state index in [1.807, 2.05) is 60.7 Å². The van der Waals surface area contributed by atoms with E-state index in [1.54, 1.807) is 14.2 Å². The number of hydrogen-bond acceptors (Lipinski definition) is 3. The number of halogens is 1. The monoisotopic (exact) mass is 487 g/mol. The Morgan fingerprint density at radius 1 is 0.929 bits per heavy atom. The van der Waals surface area contributed by atoms with Gasteiger partial charge in [-0.3, -0.25) is 4.79 Å². The zero-order chi connectivity index (χ0) is 19.9. The summed E-state index contributed by atoms with van der Waals surface area (Å²) in [4.78, 5) is 12.9. The van der Waals surface area contributed by atoms with Gasteiger partial charge >= 0.3 is 0 Å². The second-order valence-electron chi connectivity index (χ2n) is 6.34. The third-order valence-corrected chi connectivity index (χ3v) is 5.16. The molecule has 3 aromatic rings. The van der Waals surface area contributed by atoms with Gasteiger partial charge in [0.2, 0.25) is 0 Å². The zero-order valence-electron chi connectivity index (χ0n) is 15.8. The SMILES string of the molecule is COc1ccc([C@@H](Cc2ccccc2)NC(=O)c2cccc(I)c2)cc1OC. The Kier molecular flexibility index (Phi) is 6.92. The van der Waals surface area contributed by atoms with Gasteiger partial charge in [0.05, 0.1) is 20.3 Å². The Morgan fingerprint density at radius 2 is 1.68 bits per heavy atom. The summed E-state index contributed by atoms with van der Waals surface area (Å²) >= 11 is 2.21. The third kappa shape index (κ3) is 5.04. The molecule has 1 N–H and O–H groups in total. The summed E-state index contributed by atoms with van der Waals surface area (Å²) in [5, 5.41) is 3.18. The molecule has 0 saturated carbocycles. The zero-order valence-corrected chi connectivity index (χ0v) is 18.0. The van der Waals surface area contributed by atoms with Crippen LogP contribution in [-0.4, -0.2) is 20.1 Å². The summed E-state index contributed by atoms with van der Waals surface area (Å²) in [7, 11) is 3.22. The van der Waals surface area contributed by atoms with Crippen molar-refractivity contribution in [3.05, 3.63) is 93.1 Å². The summed E-state index contributed by atoms with van der Waals surface area (Å²) in [6, 6.07) is 23.2. The van der Waals surface area contributed by atoms with Gasteiger partial charge in [0.1, 0.15) is 0 Å². The quantitative estimate of drug-likeness (QED) is 0.476. The van der Waals surface area contributed by atoms with E-state index in [1.165, 1.54) is 0 Å². The predicted molar refractivity (Wildman–Crippen MR) is 119 cm³/mol. The predicted octanol–water partition coefficient (Wildman–Crippen LogP) is 5.02. The Hall–Kier alpha value is -2.54. The number of methoxy groups -OCH3 is 2. The van der Waals surface area contributed by atoms with Crippen LogP contribution in [-0.2, 0) is 6.42 Å².